The van der Waals surface area contributed by atoms with Gasteiger partial charge < -0.3 is 9.64 Å². The van der Waals surface area contributed by atoms with Gasteiger partial charge in [-0.25, -0.2) is 9.07 Å². The van der Waals surface area contributed by atoms with Crippen molar-refractivity contribution in [2.75, 3.05) is 19.7 Å². The predicted octanol–water partition coefficient (Wildman–Crippen LogP) is 2.69. The highest BCUT2D eigenvalue weighted by Crippen LogP contribution is 2.24. The quantitative estimate of drug-likeness (QED) is 0.810. The second-order valence-corrected chi connectivity index (χ2v) is 7.49. The van der Waals surface area contributed by atoms with E-state index in [9.17, 15) is 9.18 Å². The largest absolute Gasteiger partial charge is 0.376 e. The van der Waals surface area contributed by atoms with Crippen LogP contribution in [0.25, 0.3) is 0 Å². The third-order valence-electron chi connectivity index (χ3n) is 5.54. The summed E-state index contributed by atoms with van der Waals surface area (Å²) in [7, 11) is 0. The molecule has 1 amide bonds. The van der Waals surface area contributed by atoms with Crippen molar-refractivity contribution in [3.05, 3.63) is 47.5 Å². The Kier molecular flexibility index (Phi) is 5.48. The van der Waals surface area contributed by atoms with Crippen LogP contribution in [0.15, 0.2) is 30.5 Å². The molecule has 2 aliphatic rings. The Morgan fingerprint density at radius 3 is 2.78 bits per heavy atom. The number of rotatable bonds is 5. The molecule has 2 saturated heterocycles. The minimum Gasteiger partial charge on any atom is -0.376 e. The molecule has 6 nitrogen and oxygen atoms in total. The van der Waals surface area contributed by atoms with Crippen LogP contribution in [0.1, 0.15) is 41.7 Å². The number of hydrogen-bond acceptors (Lipinski definition) is 4. The number of piperidine rings is 1. The molecule has 144 valence electrons. The molecule has 3 heterocycles. The fourth-order valence-corrected chi connectivity index (χ4v) is 3.96. The summed E-state index contributed by atoms with van der Waals surface area (Å²) < 4.78 is 21.1. The maximum Gasteiger partial charge on any atom is 0.276 e. The minimum absolute atomic E-state index is 0.0714. The standard InChI is InChI=1S/C20H25FN4O2/c21-18-6-2-1-4-16(18)12-15-7-9-24(10-8-15)20(26)19-14-25(23-22-19)13-17-5-3-11-27-17/h1-2,4,6,14-15,17H,3,5,7-13H2/t17-/m1/s1. The SMILES string of the molecule is O=C(c1cn(C[C@H]2CCCO2)nn1)N1CCC(Cc2ccccc2F)CC1. The first-order valence-corrected chi connectivity index (χ1v) is 9.73. The zero-order valence-corrected chi connectivity index (χ0v) is 15.4. The lowest BCUT2D eigenvalue weighted by Crippen LogP contribution is -2.39. The summed E-state index contributed by atoms with van der Waals surface area (Å²) in [6.07, 6.45) is 6.48. The summed E-state index contributed by atoms with van der Waals surface area (Å²) in [6, 6.07) is 6.94. The topological polar surface area (TPSA) is 60.3 Å². The average molecular weight is 372 g/mol. The molecule has 2 aromatic rings. The maximum absolute atomic E-state index is 13.8. The summed E-state index contributed by atoms with van der Waals surface area (Å²) >= 11 is 0. The Morgan fingerprint density at radius 1 is 1.22 bits per heavy atom. The second-order valence-electron chi connectivity index (χ2n) is 7.49. The Balaban J connectivity index is 1.29. The molecule has 0 bridgehead atoms. The van der Waals surface area contributed by atoms with Crippen LogP contribution in [-0.4, -0.2) is 51.6 Å². The van der Waals surface area contributed by atoms with Crippen molar-refractivity contribution in [3.8, 4) is 0 Å². The molecule has 0 unspecified atom stereocenters. The second kappa shape index (κ2) is 8.17. The van der Waals surface area contributed by atoms with E-state index in [1.807, 2.05) is 17.0 Å². The first kappa shape index (κ1) is 18.1. The molecule has 4 rings (SSSR count). The first-order valence-electron chi connectivity index (χ1n) is 9.73. The zero-order valence-electron chi connectivity index (χ0n) is 15.4. The third kappa shape index (κ3) is 4.35. The highest BCUT2D eigenvalue weighted by Gasteiger charge is 2.26. The van der Waals surface area contributed by atoms with Crippen molar-refractivity contribution in [2.24, 2.45) is 5.92 Å². The highest BCUT2D eigenvalue weighted by atomic mass is 19.1. The Morgan fingerprint density at radius 2 is 2.04 bits per heavy atom. The summed E-state index contributed by atoms with van der Waals surface area (Å²) in [4.78, 5) is 14.5. The van der Waals surface area contributed by atoms with Gasteiger partial charge in [-0.2, -0.15) is 0 Å². The number of amides is 1. The number of carbonyl (C=O) groups excluding carboxylic acids is 1. The molecule has 1 aromatic carbocycles. The smallest absolute Gasteiger partial charge is 0.276 e. The molecule has 0 aliphatic carbocycles. The molecule has 2 fully saturated rings. The molecular weight excluding hydrogens is 347 g/mol. The van der Waals surface area contributed by atoms with Crippen LogP contribution >= 0.6 is 0 Å². The molecule has 27 heavy (non-hydrogen) atoms. The van der Waals surface area contributed by atoms with Crippen molar-refractivity contribution < 1.29 is 13.9 Å². The summed E-state index contributed by atoms with van der Waals surface area (Å²) in [6.45, 7) is 2.80. The summed E-state index contributed by atoms with van der Waals surface area (Å²) in [5.74, 6) is 0.193. The van der Waals surface area contributed by atoms with E-state index in [2.05, 4.69) is 10.3 Å². The van der Waals surface area contributed by atoms with Gasteiger partial charge in [0.05, 0.1) is 18.8 Å². The van der Waals surface area contributed by atoms with E-state index in [0.717, 1.165) is 44.3 Å². The zero-order chi connectivity index (χ0) is 18.6. The van der Waals surface area contributed by atoms with Gasteiger partial charge in [0.15, 0.2) is 5.69 Å². The minimum atomic E-state index is -0.140. The van der Waals surface area contributed by atoms with Crippen LogP contribution in [0.4, 0.5) is 4.39 Å². The van der Waals surface area contributed by atoms with Crippen molar-refractivity contribution in [2.45, 2.75) is 44.8 Å². The molecule has 1 aromatic heterocycles. The number of ether oxygens (including phenoxy) is 1. The number of benzene rings is 1. The highest BCUT2D eigenvalue weighted by molar-refractivity contribution is 5.91. The van der Waals surface area contributed by atoms with Crippen LogP contribution in [0.2, 0.25) is 0 Å². The average Bonchev–Trinajstić information content (AvgIpc) is 3.36. The van der Waals surface area contributed by atoms with Crippen LogP contribution < -0.4 is 0 Å². The van der Waals surface area contributed by atoms with E-state index in [4.69, 9.17) is 4.74 Å². The monoisotopic (exact) mass is 372 g/mol. The van der Waals surface area contributed by atoms with Crippen LogP contribution in [0.5, 0.6) is 0 Å². The summed E-state index contributed by atoms with van der Waals surface area (Å²) in [5.41, 5.74) is 1.15. The van der Waals surface area contributed by atoms with Gasteiger partial charge in [0.2, 0.25) is 0 Å². The molecular formula is C20H25FN4O2. The lowest BCUT2D eigenvalue weighted by Gasteiger charge is -2.31. The molecule has 7 heteroatoms. The third-order valence-corrected chi connectivity index (χ3v) is 5.54. The van der Waals surface area contributed by atoms with E-state index in [1.54, 1.807) is 16.9 Å². The predicted molar refractivity (Wildman–Crippen MR) is 97.7 cm³/mol. The van der Waals surface area contributed by atoms with Crippen LogP contribution in [0, 0.1) is 11.7 Å². The summed E-state index contributed by atoms with van der Waals surface area (Å²) in [5, 5.41) is 8.12. The maximum atomic E-state index is 13.8. The Bertz CT molecular complexity index is 780. The van der Waals surface area contributed by atoms with E-state index >= 15 is 0 Å². The van der Waals surface area contributed by atoms with Crippen molar-refractivity contribution >= 4 is 5.91 Å². The lowest BCUT2D eigenvalue weighted by atomic mass is 9.90. The number of likely N-dealkylation sites (tertiary alicyclic amines) is 1. The van der Waals surface area contributed by atoms with E-state index in [1.165, 1.54) is 6.07 Å². The van der Waals surface area contributed by atoms with Crippen molar-refractivity contribution in [3.63, 3.8) is 0 Å². The molecule has 1 atom stereocenters. The molecule has 0 spiro atoms. The van der Waals surface area contributed by atoms with Gasteiger partial charge in [-0.1, -0.05) is 23.4 Å². The fourth-order valence-electron chi connectivity index (χ4n) is 3.96. The van der Waals surface area contributed by atoms with Gasteiger partial charge in [0.25, 0.3) is 5.91 Å². The Labute approximate surface area is 158 Å². The van der Waals surface area contributed by atoms with E-state index in [-0.39, 0.29) is 17.8 Å². The van der Waals surface area contributed by atoms with Gasteiger partial charge >= 0.3 is 0 Å². The van der Waals surface area contributed by atoms with Gasteiger partial charge in [0, 0.05) is 19.7 Å². The van der Waals surface area contributed by atoms with Gasteiger partial charge in [-0.15, -0.1) is 5.10 Å². The Hall–Kier alpha value is -2.28. The number of aromatic nitrogens is 3. The normalized spacial score (nSPS) is 20.9. The molecule has 0 N–H and O–H groups in total. The lowest BCUT2D eigenvalue weighted by molar-refractivity contribution is 0.0683. The molecule has 0 saturated carbocycles. The number of hydrogen-bond donors (Lipinski definition) is 0. The van der Waals surface area contributed by atoms with Gasteiger partial charge in [0.1, 0.15) is 5.82 Å². The van der Waals surface area contributed by atoms with Crippen molar-refractivity contribution in [1.29, 1.82) is 0 Å². The number of nitrogens with zero attached hydrogens (tertiary/aromatic N) is 4. The first-order chi connectivity index (χ1) is 13.2. The number of carbonyl (C=O) groups is 1. The van der Waals surface area contributed by atoms with E-state index in [0.29, 0.717) is 31.2 Å². The number of halogens is 1. The van der Waals surface area contributed by atoms with Gasteiger partial charge in [-0.05, 0) is 49.7 Å². The van der Waals surface area contributed by atoms with Crippen LogP contribution in [-0.2, 0) is 17.7 Å². The molecule has 2 aliphatic heterocycles. The van der Waals surface area contributed by atoms with Crippen molar-refractivity contribution in [1.82, 2.24) is 19.9 Å². The van der Waals surface area contributed by atoms with Gasteiger partial charge in [-0.3, -0.25) is 4.79 Å². The van der Waals surface area contributed by atoms with E-state index < -0.39 is 0 Å². The molecule has 0 radical (unpaired) electrons. The van der Waals surface area contributed by atoms with Crippen LogP contribution in [0.3, 0.4) is 0 Å². The fraction of sp³-hybridized carbons (Fsp3) is 0.550.